The molecule has 0 saturated heterocycles. The van der Waals surface area contributed by atoms with Gasteiger partial charge in [-0.05, 0) is 17.7 Å². The third kappa shape index (κ3) is 3.23. The van der Waals surface area contributed by atoms with Crippen molar-refractivity contribution in [3.05, 3.63) is 34.3 Å². The molecule has 1 nitrogen and oxygen atoms in total. The molecule has 1 aromatic carbocycles. The predicted molar refractivity (Wildman–Crippen MR) is 51.7 cm³/mol. The highest BCUT2D eigenvalue weighted by Crippen LogP contribution is 2.10. The minimum absolute atomic E-state index is 0.493. The minimum atomic E-state index is 0.493. The predicted octanol–water partition coefficient (Wildman–Crippen LogP) is 2.74. The highest BCUT2D eigenvalue weighted by Gasteiger charge is 1.91. The van der Waals surface area contributed by atoms with Crippen molar-refractivity contribution in [1.29, 1.82) is 0 Å². The fourth-order valence-corrected chi connectivity index (χ4v) is 1.38. The topological polar surface area (TPSA) is 12.0 Å². The molecule has 0 aromatic heterocycles. The standard InChI is InChI=1S/C8H9BrClN/c9-8-3-1-2-7(4-8)5-11-6-10/h1-4,11H,5-6H2. The summed E-state index contributed by atoms with van der Waals surface area (Å²) in [5, 5.41) is 3.04. The van der Waals surface area contributed by atoms with E-state index in [-0.39, 0.29) is 0 Å². The lowest BCUT2D eigenvalue weighted by molar-refractivity contribution is 0.791. The largest absolute Gasteiger partial charge is 0.300 e. The van der Waals surface area contributed by atoms with Crippen molar-refractivity contribution in [2.24, 2.45) is 0 Å². The first-order chi connectivity index (χ1) is 5.33. The van der Waals surface area contributed by atoms with Gasteiger partial charge in [-0.1, -0.05) is 28.1 Å². The Kier molecular flexibility index (Phi) is 3.91. The van der Waals surface area contributed by atoms with Crippen LogP contribution in [-0.2, 0) is 6.54 Å². The van der Waals surface area contributed by atoms with Crippen LogP contribution in [0.25, 0.3) is 0 Å². The molecule has 0 spiro atoms. The second-order valence-corrected chi connectivity index (χ2v) is 3.37. The van der Waals surface area contributed by atoms with Gasteiger partial charge < -0.3 is 0 Å². The average Bonchev–Trinajstić information content (AvgIpc) is 2.01. The highest BCUT2D eigenvalue weighted by atomic mass is 79.9. The van der Waals surface area contributed by atoms with Gasteiger partial charge in [0.2, 0.25) is 0 Å². The Hall–Kier alpha value is -0.0500. The Morgan fingerprint density at radius 1 is 1.45 bits per heavy atom. The van der Waals surface area contributed by atoms with Gasteiger partial charge in [0.05, 0.1) is 6.00 Å². The number of alkyl halides is 1. The first-order valence-electron chi connectivity index (χ1n) is 3.34. The summed E-state index contributed by atoms with van der Waals surface area (Å²) in [6.45, 7) is 0.822. The van der Waals surface area contributed by atoms with Gasteiger partial charge in [-0.2, -0.15) is 0 Å². The molecule has 0 fully saturated rings. The molecule has 1 aromatic rings. The lowest BCUT2D eigenvalue weighted by Gasteiger charge is -2.00. The molecule has 1 rings (SSSR count). The van der Waals surface area contributed by atoms with Crippen LogP contribution < -0.4 is 5.32 Å². The van der Waals surface area contributed by atoms with Crippen LogP contribution in [0.2, 0.25) is 0 Å². The van der Waals surface area contributed by atoms with Crippen molar-refractivity contribution in [2.75, 3.05) is 6.00 Å². The van der Waals surface area contributed by atoms with E-state index in [1.807, 2.05) is 12.1 Å². The monoisotopic (exact) mass is 233 g/mol. The minimum Gasteiger partial charge on any atom is -0.300 e. The molecule has 0 radical (unpaired) electrons. The van der Waals surface area contributed by atoms with Crippen LogP contribution in [0.1, 0.15) is 5.56 Å². The normalized spacial score (nSPS) is 10.0. The summed E-state index contributed by atoms with van der Waals surface area (Å²) < 4.78 is 1.10. The van der Waals surface area contributed by atoms with E-state index in [2.05, 4.69) is 33.4 Å². The van der Waals surface area contributed by atoms with E-state index in [0.29, 0.717) is 6.00 Å². The van der Waals surface area contributed by atoms with E-state index < -0.39 is 0 Å². The Labute approximate surface area is 79.9 Å². The van der Waals surface area contributed by atoms with Gasteiger partial charge in [-0.25, -0.2) is 0 Å². The Morgan fingerprint density at radius 3 is 2.91 bits per heavy atom. The number of benzene rings is 1. The Morgan fingerprint density at radius 2 is 2.27 bits per heavy atom. The zero-order valence-electron chi connectivity index (χ0n) is 5.98. The van der Waals surface area contributed by atoms with Crippen LogP contribution in [0.15, 0.2) is 28.7 Å². The molecule has 60 valence electrons. The van der Waals surface area contributed by atoms with Crippen LogP contribution >= 0.6 is 27.5 Å². The summed E-state index contributed by atoms with van der Waals surface area (Å²) in [6, 6.07) is 8.63. The number of nitrogens with one attached hydrogen (secondary N) is 1. The molecule has 3 heteroatoms. The summed E-state index contributed by atoms with van der Waals surface area (Å²) in [6.07, 6.45) is 0. The maximum atomic E-state index is 5.47. The average molecular weight is 235 g/mol. The van der Waals surface area contributed by atoms with Gasteiger partial charge in [0.25, 0.3) is 0 Å². The van der Waals surface area contributed by atoms with Crippen molar-refractivity contribution < 1.29 is 0 Å². The Bertz CT molecular complexity index is 227. The molecule has 0 aliphatic heterocycles. The SMILES string of the molecule is ClCNCc1cccc(Br)c1. The van der Waals surface area contributed by atoms with Gasteiger partial charge in [-0.15, -0.1) is 11.6 Å². The zero-order valence-corrected chi connectivity index (χ0v) is 8.32. The summed E-state index contributed by atoms with van der Waals surface area (Å²) in [5.74, 6) is 0. The number of hydrogen-bond donors (Lipinski definition) is 1. The van der Waals surface area contributed by atoms with Gasteiger partial charge in [0.1, 0.15) is 0 Å². The van der Waals surface area contributed by atoms with Crippen LogP contribution in [-0.4, -0.2) is 6.00 Å². The van der Waals surface area contributed by atoms with E-state index in [0.717, 1.165) is 11.0 Å². The molecule has 0 saturated carbocycles. The third-order valence-corrected chi connectivity index (χ3v) is 1.99. The molecule has 11 heavy (non-hydrogen) atoms. The first kappa shape index (κ1) is 9.04. The van der Waals surface area contributed by atoms with Gasteiger partial charge in [-0.3, -0.25) is 5.32 Å². The van der Waals surface area contributed by atoms with Gasteiger partial charge in [0, 0.05) is 11.0 Å². The highest BCUT2D eigenvalue weighted by molar-refractivity contribution is 9.10. The molecule has 0 bridgehead atoms. The summed E-state index contributed by atoms with van der Waals surface area (Å²) in [4.78, 5) is 0. The van der Waals surface area contributed by atoms with E-state index in [9.17, 15) is 0 Å². The maximum Gasteiger partial charge on any atom is 0.0716 e. The molecule has 0 heterocycles. The molecular formula is C8H9BrClN. The molecule has 1 N–H and O–H groups in total. The van der Waals surface area contributed by atoms with E-state index in [1.165, 1.54) is 5.56 Å². The van der Waals surface area contributed by atoms with Crippen LogP contribution in [0.3, 0.4) is 0 Å². The van der Waals surface area contributed by atoms with E-state index in [1.54, 1.807) is 0 Å². The fourth-order valence-electron chi connectivity index (χ4n) is 0.839. The molecule has 0 unspecified atom stereocenters. The van der Waals surface area contributed by atoms with Crippen LogP contribution in [0.5, 0.6) is 0 Å². The molecule has 0 aliphatic carbocycles. The number of halogens is 2. The molecular weight excluding hydrogens is 225 g/mol. The summed E-state index contributed by atoms with van der Waals surface area (Å²) in [5.41, 5.74) is 1.24. The smallest absolute Gasteiger partial charge is 0.0716 e. The molecule has 0 aliphatic rings. The first-order valence-corrected chi connectivity index (χ1v) is 4.67. The van der Waals surface area contributed by atoms with Crippen molar-refractivity contribution >= 4 is 27.5 Å². The summed E-state index contributed by atoms with van der Waals surface area (Å²) >= 11 is 8.86. The Balaban J connectivity index is 2.56. The van der Waals surface area contributed by atoms with Crippen LogP contribution in [0.4, 0.5) is 0 Å². The maximum absolute atomic E-state index is 5.47. The second-order valence-electron chi connectivity index (χ2n) is 2.19. The van der Waals surface area contributed by atoms with E-state index in [4.69, 9.17) is 11.6 Å². The van der Waals surface area contributed by atoms with Crippen molar-refractivity contribution in [3.8, 4) is 0 Å². The number of hydrogen-bond acceptors (Lipinski definition) is 1. The van der Waals surface area contributed by atoms with Crippen molar-refractivity contribution in [2.45, 2.75) is 6.54 Å². The lowest BCUT2D eigenvalue weighted by Crippen LogP contribution is -2.09. The quantitative estimate of drug-likeness (QED) is 0.626. The third-order valence-electron chi connectivity index (χ3n) is 1.31. The summed E-state index contributed by atoms with van der Waals surface area (Å²) in [7, 11) is 0. The van der Waals surface area contributed by atoms with Gasteiger partial charge >= 0.3 is 0 Å². The number of rotatable bonds is 3. The molecule has 0 amide bonds. The van der Waals surface area contributed by atoms with E-state index >= 15 is 0 Å². The zero-order chi connectivity index (χ0) is 8.10. The van der Waals surface area contributed by atoms with Crippen molar-refractivity contribution in [1.82, 2.24) is 5.32 Å². The lowest BCUT2D eigenvalue weighted by atomic mass is 10.2. The van der Waals surface area contributed by atoms with Gasteiger partial charge in [0.15, 0.2) is 0 Å². The van der Waals surface area contributed by atoms with Crippen LogP contribution in [0, 0.1) is 0 Å². The molecule has 0 atom stereocenters. The van der Waals surface area contributed by atoms with Crippen molar-refractivity contribution in [3.63, 3.8) is 0 Å². The second kappa shape index (κ2) is 4.75. The fraction of sp³-hybridized carbons (Fsp3) is 0.250.